The Kier molecular flexibility index (Phi) is 9.44. The molecule has 38 heavy (non-hydrogen) atoms. The highest BCUT2D eigenvalue weighted by molar-refractivity contribution is 8.00. The first-order chi connectivity index (χ1) is 18.1. The summed E-state index contributed by atoms with van der Waals surface area (Å²) in [5, 5.41) is 8.18. The number of amidine groups is 1. The molecule has 1 amide bonds. The fourth-order valence-corrected chi connectivity index (χ4v) is 6.61. The Hall–Kier alpha value is -2.07. The van der Waals surface area contributed by atoms with Crippen LogP contribution in [-0.4, -0.2) is 54.1 Å². The number of halogens is 4. The molecule has 1 aromatic carbocycles. The zero-order valence-corrected chi connectivity index (χ0v) is 23.0. The van der Waals surface area contributed by atoms with E-state index in [1.165, 1.54) is 0 Å². The minimum atomic E-state index is -4.09. The number of aliphatic imine (C=N–C) groups is 1. The van der Waals surface area contributed by atoms with E-state index in [0.717, 1.165) is 67.0 Å². The van der Waals surface area contributed by atoms with Gasteiger partial charge in [-0.15, -0.1) is 0 Å². The van der Waals surface area contributed by atoms with Gasteiger partial charge in [-0.05, 0) is 105 Å². The fraction of sp³-hybridized carbons (Fsp3) is 0.643. The maximum absolute atomic E-state index is 12.9. The molecule has 1 aliphatic carbocycles. The topological polar surface area (TPSA) is 56.7 Å². The van der Waals surface area contributed by atoms with Gasteiger partial charge in [0.25, 0.3) is 5.91 Å². The Morgan fingerprint density at radius 3 is 2.42 bits per heavy atom. The number of piperidine rings is 1. The quantitative estimate of drug-likeness (QED) is 0.260. The first kappa shape index (κ1) is 28.9. The van der Waals surface area contributed by atoms with Crippen LogP contribution < -0.4 is 10.6 Å². The summed E-state index contributed by atoms with van der Waals surface area (Å²) in [5.74, 6) is 0.970. The molecule has 1 aromatic rings. The Morgan fingerprint density at radius 1 is 1.16 bits per heavy atom. The third-order valence-electron chi connectivity index (χ3n) is 8.08. The van der Waals surface area contributed by atoms with Crippen LogP contribution in [0, 0.1) is 25.7 Å². The number of alkyl halides is 4. The van der Waals surface area contributed by atoms with Crippen LogP contribution in [0.4, 0.5) is 23.2 Å². The van der Waals surface area contributed by atoms with Crippen LogP contribution in [0.2, 0.25) is 0 Å². The Balaban J connectivity index is 1.27. The molecule has 2 N–H and O–H groups in total. The first-order valence-corrected chi connectivity index (χ1v) is 14.4. The van der Waals surface area contributed by atoms with Crippen LogP contribution in [0.25, 0.3) is 6.08 Å². The molecule has 1 spiro atoms. The molecule has 0 radical (unpaired) electrons. The average Bonchev–Trinajstić information content (AvgIpc) is 3.19. The summed E-state index contributed by atoms with van der Waals surface area (Å²) >= 11 is 1.63. The third kappa shape index (κ3) is 7.31. The van der Waals surface area contributed by atoms with E-state index in [1.54, 1.807) is 11.9 Å². The van der Waals surface area contributed by atoms with Gasteiger partial charge in [0.15, 0.2) is 0 Å². The molecule has 2 aliphatic heterocycles. The second-order valence-electron chi connectivity index (χ2n) is 10.8. The van der Waals surface area contributed by atoms with E-state index in [2.05, 4.69) is 26.4 Å². The van der Waals surface area contributed by atoms with Crippen LogP contribution in [0.3, 0.4) is 0 Å². The molecule has 0 aromatic heterocycles. The lowest BCUT2D eigenvalue weighted by Gasteiger charge is -2.34. The van der Waals surface area contributed by atoms with Crippen LogP contribution >= 0.6 is 11.9 Å². The normalized spacial score (nSPS) is 24.2. The standard InChI is InChI=1S/C28H38F4N4OS/c1-19-17-23(33-13-12-29)18-20(2)24(19)8-16-38-36-14-10-27(11-15-36)26(37)34-25(35-27)22-5-3-21(4-6-22)7-9-28(30,31)32/h8,16-18,21-22,33H,3-7,9-15H2,1-2H3,(H,34,35,37)/b16-8+. The summed E-state index contributed by atoms with van der Waals surface area (Å²) < 4.78 is 52.3. The van der Waals surface area contributed by atoms with Crippen molar-refractivity contribution in [2.75, 3.05) is 31.6 Å². The summed E-state index contributed by atoms with van der Waals surface area (Å²) in [4.78, 5) is 17.8. The molecule has 0 unspecified atom stereocenters. The number of carbonyl (C=O) groups is 1. The highest BCUT2D eigenvalue weighted by Crippen LogP contribution is 2.38. The molecule has 3 aliphatic rings. The lowest BCUT2D eigenvalue weighted by atomic mass is 9.79. The predicted octanol–water partition coefficient (Wildman–Crippen LogP) is 6.82. The van der Waals surface area contributed by atoms with Gasteiger partial charge in [-0.2, -0.15) is 13.2 Å². The Morgan fingerprint density at radius 2 is 1.82 bits per heavy atom. The van der Waals surface area contributed by atoms with Gasteiger partial charge in [0.05, 0.1) is 0 Å². The maximum atomic E-state index is 12.9. The smallest absolute Gasteiger partial charge is 0.382 e. The van der Waals surface area contributed by atoms with Crippen LogP contribution in [-0.2, 0) is 4.79 Å². The van der Waals surface area contributed by atoms with Crippen molar-refractivity contribution in [3.05, 3.63) is 34.2 Å². The minimum absolute atomic E-state index is 0.0282. The summed E-state index contributed by atoms with van der Waals surface area (Å²) in [5.41, 5.74) is 3.61. The summed E-state index contributed by atoms with van der Waals surface area (Å²) in [6.45, 7) is 5.48. The van der Waals surface area contributed by atoms with Gasteiger partial charge in [0.2, 0.25) is 0 Å². The second-order valence-corrected chi connectivity index (χ2v) is 11.8. The summed E-state index contributed by atoms with van der Waals surface area (Å²) in [7, 11) is 0. The maximum Gasteiger partial charge on any atom is 0.389 e. The SMILES string of the molecule is Cc1cc(NCCF)cc(C)c1/C=C/SN1CCC2(CC1)N=C(C1CCC(CCC(F)(F)F)CC1)NC2=O. The van der Waals surface area contributed by atoms with E-state index >= 15 is 0 Å². The number of benzene rings is 1. The highest BCUT2D eigenvalue weighted by atomic mass is 32.2. The van der Waals surface area contributed by atoms with E-state index in [1.807, 2.05) is 26.0 Å². The molecule has 2 fully saturated rings. The van der Waals surface area contributed by atoms with Crippen molar-refractivity contribution in [3.63, 3.8) is 0 Å². The third-order valence-corrected chi connectivity index (χ3v) is 9.00. The summed E-state index contributed by atoms with van der Waals surface area (Å²) in [6.07, 6.45) is 1.89. The molecule has 210 valence electrons. The molecule has 10 heteroatoms. The van der Waals surface area contributed by atoms with Crippen molar-refractivity contribution in [1.29, 1.82) is 0 Å². The number of nitrogens with zero attached hydrogens (tertiary/aromatic N) is 2. The summed E-state index contributed by atoms with van der Waals surface area (Å²) in [6, 6.07) is 4.06. The van der Waals surface area contributed by atoms with Gasteiger partial charge < -0.3 is 10.6 Å². The van der Waals surface area contributed by atoms with Crippen molar-refractivity contribution >= 4 is 35.5 Å². The van der Waals surface area contributed by atoms with Gasteiger partial charge in [0.1, 0.15) is 18.0 Å². The number of carbonyl (C=O) groups excluding carboxylic acids is 1. The number of amides is 1. The molecule has 2 heterocycles. The van der Waals surface area contributed by atoms with Gasteiger partial charge in [-0.25, -0.2) is 8.70 Å². The number of hydrogen-bond acceptors (Lipinski definition) is 5. The van der Waals surface area contributed by atoms with E-state index in [-0.39, 0.29) is 24.2 Å². The van der Waals surface area contributed by atoms with Crippen LogP contribution in [0.15, 0.2) is 22.5 Å². The second kappa shape index (κ2) is 12.4. The molecule has 1 saturated heterocycles. The number of nitrogens with one attached hydrogen (secondary N) is 2. The van der Waals surface area contributed by atoms with Gasteiger partial charge in [0, 0.05) is 37.7 Å². The number of hydrogen-bond donors (Lipinski definition) is 2. The number of anilines is 1. The molecule has 0 bridgehead atoms. The van der Waals surface area contributed by atoms with E-state index in [9.17, 15) is 22.4 Å². The van der Waals surface area contributed by atoms with Crippen LogP contribution in [0.5, 0.6) is 0 Å². The molecular formula is C28H38F4N4OS. The van der Waals surface area contributed by atoms with Gasteiger partial charge >= 0.3 is 6.18 Å². The average molecular weight is 555 g/mol. The number of aryl methyl sites for hydroxylation is 2. The Bertz CT molecular complexity index is 1020. The van der Waals surface area contributed by atoms with Crippen molar-refractivity contribution < 1.29 is 22.4 Å². The Labute approximate surface area is 227 Å². The molecule has 1 saturated carbocycles. The largest absolute Gasteiger partial charge is 0.389 e. The molecule has 4 rings (SSSR count). The lowest BCUT2D eigenvalue weighted by molar-refractivity contribution is -0.138. The zero-order chi connectivity index (χ0) is 27.3. The van der Waals surface area contributed by atoms with Crippen molar-refractivity contribution in [2.24, 2.45) is 16.8 Å². The minimum Gasteiger partial charge on any atom is -0.382 e. The lowest BCUT2D eigenvalue weighted by Crippen LogP contribution is -2.47. The fourth-order valence-electron chi connectivity index (χ4n) is 5.84. The highest BCUT2D eigenvalue weighted by Gasteiger charge is 2.47. The molecule has 0 atom stereocenters. The van der Waals surface area contributed by atoms with Crippen molar-refractivity contribution in [2.45, 2.75) is 76.9 Å². The van der Waals surface area contributed by atoms with E-state index < -0.39 is 24.8 Å². The zero-order valence-electron chi connectivity index (χ0n) is 22.2. The van der Waals surface area contributed by atoms with Gasteiger partial charge in [-0.3, -0.25) is 9.79 Å². The monoisotopic (exact) mass is 554 g/mol. The van der Waals surface area contributed by atoms with Gasteiger partial charge in [-0.1, -0.05) is 11.9 Å². The number of rotatable bonds is 9. The van der Waals surface area contributed by atoms with Crippen LogP contribution in [0.1, 0.15) is 68.1 Å². The van der Waals surface area contributed by atoms with E-state index in [0.29, 0.717) is 19.4 Å². The van der Waals surface area contributed by atoms with E-state index in [4.69, 9.17) is 4.99 Å². The predicted molar refractivity (Wildman–Crippen MR) is 147 cm³/mol. The first-order valence-electron chi connectivity index (χ1n) is 13.6. The molecular weight excluding hydrogens is 516 g/mol. The van der Waals surface area contributed by atoms with Crippen molar-refractivity contribution in [3.8, 4) is 0 Å². The molecule has 5 nitrogen and oxygen atoms in total. The van der Waals surface area contributed by atoms with Crippen molar-refractivity contribution in [1.82, 2.24) is 9.62 Å².